The summed E-state index contributed by atoms with van der Waals surface area (Å²) < 4.78 is 11.1. The van der Waals surface area contributed by atoms with Crippen LogP contribution in [0.4, 0.5) is 0 Å². The van der Waals surface area contributed by atoms with E-state index in [4.69, 9.17) is 9.47 Å². The lowest BCUT2D eigenvalue weighted by Crippen LogP contribution is -2.43. The quantitative estimate of drug-likeness (QED) is 0.939. The van der Waals surface area contributed by atoms with Gasteiger partial charge in [0.1, 0.15) is 18.2 Å². The molecule has 1 aliphatic carbocycles. The second kappa shape index (κ2) is 5.85. The molecule has 1 fully saturated rings. The molecule has 0 radical (unpaired) electrons. The number of fused-ring (bicyclic) bond motifs is 1. The third-order valence-electron chi connectivity index (χ3n) is 4.46. The Hall–Kier alpha value is -2.08. The van der Waals surface area contributed by atoms with E-state index >= 15 is 0 Å². The monoisotopic (exact) mass is 330 g/mol. The predicted molar refractivity (Wildman–Crippen MR) is 87.2 cm³/mol. The van der Waals surface area contributed by atoms with Crippen LogP contribution in [0.3, 0.4) is 0 Å². The second-order valence-electron chi connectivity index (χ2n) is 5.94. The number of carbonyl (C=O) groups is 1. The molecule has 120 valence electrons. The molecule has 1 aliphatic heterocycles. The molecule has 0 spiro atoms. The molecule has 0 saturated heterocycles. The first-order chi connectivity index (χ1) is 11.3. The van der Waals surface area contributed by atoms with Crippen molar-refractivity contribution in [3.8, 4) is 11.5 Å². The van der Waals surface area contributed by atoms with E-state index in [2.05, 4.69) is 10.3 Å². The van der Waals surface area contributed by atoms with E-state index in [1.165, 1.54) is 0 Å². The standard InChI is InChI=1S/C17H18N2O3S/c20-15(12-3-4-13-14(11-12)22-9-8-21-13)19-17(5-1-2-6-17)16-18-7-10-23-16/h3-4,7,10-11H,1-2,5-6,8-9H2,(H,19,20). The zero-order valence-electron chi connectivity index (χ0n) is 12.7. The minimum atomic E-state index is -0.321. The predicted octanol–water partition coefficient (Wildman–Crippen LogP) is 3.11. The van der Waals surface area contributed by atoms with Crippen molar-refractivity contribution in [3.63, 3.8) is 0 Å². The van der Waals surface area contributed by atoms with Gasteiger partial charge in [-0.2, -0.15) is 0 Å². The number of thiazole rings is 1. The van der Waals surface area contributed by atoms with Crippen LogP contribution < -0.4 is 14.8 Å². The maximum absolute atomic E-state index is 12.8. The summed E-state index contributed by atoms with van der Waals surface area (Å²) in [6.45, 7) is 1.06. The molecule has 0 bridgehead atoms. The topological polar surface area (TPSA) is 60.5 Å². The Morgan fingerprint density at radius 1 is 1.17 bits per heavy atom. The average molecular weight is 330 g/mol. The summed E-state index contributed by atoms with van der Waals surface area (Å²) in [6, 6.07) is 5.34. The van der Waals surface area contributed by atoms with E-state index in [0.29, 0.717) is 30.3 Å². The summed E-state index contributed by atoms with van der Waals surface area (Å²) in [7, 11) is 0. The number of nitrogens with zero attached hydrogens (tertiary/aromatic N) is 1. The molecule has 4 rings (SSSR count). The zero-order valence-corrected chi connectivity index (χ0v) is 13.5. The number of ether oxygens (including phenoxy) is 2. The zero-order chi connectivity index (χ0) is 15.7. The van der Waals surface area contributed by atoms with Gasteiger partial charge in [0.25, 0.3) is 5.91 Å². The fourth-order valence-electron chi connectivity index (χ4n) is 3.30. The number of nitrogens with one attached hydrogen (secondary N) is 1. The van der Waals surface area contributed by atoms with Gasteiger partial charge in [-0.05, 0) is 31.0 Å². The van der Waals surface area contributed by atoms with Crippen LogP contribution in [0.15, 0.2) is 29.8 Å². The molecule has 6 heteroatoms. The Morgan fingerprint density at radius 2 is 1.96 bits per heavy atom. The summed E-state index contributed by atoms with van der Waals surface area (Å²) in [5.41, 5.74) is 0.274. The molecule has 1 amide bonds. The molecule has 0 atom stereocenters. The van der Waals surface area contributed by atoms with E-state index in [9.17, 15) is 4.79 Å². The summed E-state index contributed by atoms with van der Waals surface area (Å²) in [6.07, 6.45) is 5.91. The Balaban J connectivity index is 1.59. The van der Waals surface area contributed by atoms with Gasteiger partial charge in [0, 0.05) is 17.1 Å². The number of amides is 1. The van der Waals surface area contributed by atoms with Crippen LogP contribution in [-0.4, -0.2) is 24.1 Å². The van der Waals surface area contributed by atoms with Crippen molar-refractivity contribution in [2.24, 2.45) is 0 Å². The Labute approximate surface area is 138 Å². The lowest BCUT2D eigenvalue weighted by molar-refractivity contribution is 0.0897. The highest BCUT2D eigenvalue weighted by molar-refractivity contribution is 7.09. The molecular formula is C17H18N2O3S. The lowest BCUT2D eigenvalue weighted by Gasteiger charge is -2.28. The first-order valence-electron chi connectivity index (χ1n) is 7.89. The average Bonchev–Trinajstić information content (AvgIpc) is 3.26. The summed E-state index contributed by atoms with van der Waals surface area (Å²) in [5.74, 6) is 1.25. The molecule has 2 aliphatic rings. The highest BCUT2D eigenvalue weighted by Gasteiger charge is 2.39. The van der Waals surface area contributed by atoms with Gasteiger partial charge in [0.2, 0.25) is 0 Å². The molecule has 1 saturated carbocycles. The number of aromatic nitrogens is 1. The van der Waals surface area contributed by atoms with Gasteiger partial charge in [-0.15, -0.1) is 11.3 Å². The summed E-state index contributed by atoms with van der Waals surface area (Å²) >= 11 is 1.61. The van der Waals surface area contributed by atoms with E-state index in [-0.39, 0.29) is 11.4 Å². The number of benzene rings is 1. The van der Waals surface area contributed by atoms with Crippen LogP contribution in [0.2, 0.25) is 0 Å². The number of carbonyl (C=O) groups excluding carboxylic acids is 1. The van der Waals surface area contributed by atoms with Crippen LogP contribution >= 0.6 is 11.3 Å². The molecule has 23 heavy (non-hydrogen) atoms. The van der Waals surface area contributed by atoms with Gasteiger partial charge in [-0.25, -0.2) is 4.98 Å². The van der Waals surface area contributed by atoms with Crippen molar-refractivity contribution < 1.29 is 14.3 Å². The van der Waals surface area contributed by atoms with Crippen LogP contribution in [0, 0.1) is 0 Å². The SMILES string of the molecule is O=C(NC1(c2nccs2)CCCC1)c1ccc2c(c1)OCCO2. The fraction of sp³-hybridized carbons (Fsp3) is 0.412. The first kappa shape index (κ1) is 14.5. The Bertz CT molecular complexity index is 709. The molecule has 1 N–H and O–H groups in total. The van der Waals surface area contributed by atoms with Crippen molar-refractivity contribution in [1.29, 1.82) is 0 Å². The summed E-state index contributed by atoms with van der Waals surface area (Å²) in [5, 5.41) is 6.20. The maximum atomic E-state index is 12.8. The first-order valence-corrected chi connectivity index (χ1v) is 8.77. The van der Waals surface area contributed by atoms with Crippen molar-refractivity contribution >= 4 is 17.2 Å². The summed E-state index contributed by atoms with van der Waals surface area (Å²) in [4.78, 5) is 17.2. The van der Waals surface area contributed by atoms with Crippen molar-refractivity contribution in [1.82, 2.24) is 10.3 Å². The van der Waals surface area contributed by atoms with Gasteiger partial charge in [0.05, 0.1) is 5.54 Å². The normalized spacial score (nSPS) is 18.6. The highest BCUT2D eigenvalue weighted by atomic mass is 32.1. The van der Waals surface area contributed by atoms with E-state index in [1.54, 1.807) is 35.7 Å². The van der Waals surface area contributed by atoms with E-state index in [1.807, 2.05) is 5.38 Å². The van der Waals surface area contributed by atoms with Crippen LogP contribution in [0.25, 0.3) is 0 Å². The molecule has 2 aromatic rings. The molecule has 1 aromatic carbocycles. The van der Waals surface area contributed by atoms with Crippen molar-refractivity contribution in [2.75, 3.05) is 13.2 Å². The van der Waals surface area contributed by atoms with Gasteiger partial charge in [0.15, 0.2) is 11.5 Å². The van der Waals surface area contributed by atoms with Gasteiger partial charge >= 0.3 is 0 Å². The van der Waals surface area contributed by atoms with Crippen molar-refractivity contribution in [3.05, 3.63) is 40.3 Å². The van der Waals surface area contributed by atoms with Crippen LogP contribution in [0.1, 0.15) is 41.0 Å². The number of hydrogen-bond acceptors (Lipinski definition) is 5. The van der Waals surface area contributed by atoms with E-state index < -0.39 is 0 Å². The van der Waals surface area contributed by atoms with Gasteiger partial charge in [-0.1, -0.05) is 12.8 Å². The third kappa shape index (κ3) is 2.67. The largest absolute Gasteiger partial charge is 0.486 e. The number of rotatable bonds is 3. The van der Waals surface area contributed by atoms with E-state index in [0.717, 1.165) is 30.7 Å². The Kier molecular flexibility index (Phi) is 3.69. The Morgan fingerprint density at radius 3 is 2.70 bits per heavy atom. The smallest absolute Gasteiger partial charge is 0.252 e. The van der Waals surface area contributed by atoms with Gasteiger partial charge < -0.3 is 14.8 Å². The third-order valence-corrected chi connectivity index (χ3v) is 5.43. The number of hydrogen-bond donors (Lipinski definition) is 1. The molecular weight excluding hydrogens is 312 g/mol. The molecule has 1 aromatic heterocycles. The van der Waals surface area contributed by atoms with Crippen LogP contribution in [0.5, 0.6) is 11.5 Å². The fourth-order valence-corrected chi connectivity index (χ4v) is 4.16. The van der Waals surface area contributed by atoms with Crippen molar-refractivity contribution in [2.45, 2.75) is 31.2 Å². The molecule has 2 heterocycles. The minimum absolute atomic E-state index is 0.0842. The lowest BCUT2D eigenvalue weighted by atomic mass is 9.97. The second-order valence-corrected chi connectivity index (χ2v) is 6.83. The van der Waals surface area contributed by atoms with Crippen LogP contribution in [-0.2, 0) is 5.54 Å². The molecule has 0 unspecified atom stereocenters. The van der Waals surface area contributed by atoms with Gasteiger partial charge in [-0.3, -0.25) is 4.79 Å². The highest BCUT2D eigenvalue weighted by Crippen LogP contribution is 2.40. The maximum Gasteiger partial charge on any atom is 0.252 e. The molecule has 5 nitrogen and oxygen atoms in total. The minimum Gasteiger partial charge on any atom is -0.486 e.